The lowest BCUT2D eigenvalue weighted by Crippen LogP contribution is -2.34. The Hall–Kier alpha value is -1.52. The van der Waals surface area contributed by atoms with E-state index < -0.39 is 0 Å². The van der Waals surface area contributed by atoms with Gasteiger partial charge in [0, 0.05) is 16.5 Å². The average Bonchev–Trinajstić information content (AvgIpc) is 2.90. The highest BCUT2D eigenvalue weighted by Gasteiger charge is 2.22. The van der Waals surface area contributed by atoms with Gasteiger partial charge in [-0.25, -0.2) is 0 Å². The van der Waals surface area contributed by atoms with E-state index in [1.165, 1.54) is 5.56 Å². The van der Waals surface area contributed by atoms with Crippen LogP contribution in [0.5, 0.6) is 5.75 Å². The summed E-state index contributed by atoms with van der Waals surface area (Å²) < 4.78 is 6.50. The Morgan fingerprint density at radius 1 is 1.33 bits per heavy atom. The van der Waals surface area contributed by atoms with Gasteiger partial charge in [0.05, 0.1) is 11.6 Å². The molecule has 3 rings (SSSR count). The van der Waals surface area contributed by atoms with E-state index in [1.807, 2.05) is 24.3 Å². The summed E-state index contributed by atoms with van der Waals surface area (Å²) in [5, 5.41) is 3.48. The summed E-state index contributed by atoms with van der Waals surface area (Å²) in [5.74, 6) is 0.776. The van der Waals surface area contributed by atoms with Crippen LogP contribution in [0.2, 0.25) is 5.02 Å². The molecule has 1 unspecified atom stereocenters. The standard InChI is InChI=1S/C16H13BrClNO2/c17-13-8-11(5-6-14(13)18)16(20)19-9-12-7-10-3-1-2-4-15(10)21-12/h1-6,8,12H,7,9H2,(H,19,20). The van der Waals surface area contributed by atoms with Gasteiger partial charge >= 0.3 is 0 Å². The number of rotatable bonds is 3. The van der Waals surface area contributed by atoms with E-state index in [9.17, 15) is 4.79 Å². The zero-order chi connectivity index (χ0) is 14.8. The first kappa shape index (κ1) is 14.4. The van der Waals surface area contributed by atoms with Crippen LogP contribution in [0.1, 0.15) is 15.9 Å². The molecule has 0 radical (unpaired) electrons. The fourth-order valence-electron chi connectivity index (χ4n) is 2.31. The average molecular weight is 367 g/mol. The van der Waals surface area contributed by atoms with Crippen molar-refractivity contribution in [2.75, 3.05) is 6.54 Å². The topological polar surface area (TPSA) is 38.3 Å². The van der Waals surface area contributed by atoms with Gasteiger partial charge in [-0.3, -0.25) is 4.79 Å². The zero-order valence-corrected chi connectivity index (χ0v) is 13.4. The normalized spacial score (nSPS) is 16.2. The van der Waals surface area contributed by atoms with Gasteiger partial charge in [-0.2, -0.15) is 0 Å². The fourth-order valence-corrected chi connectivity index (χ4v) is 2.81. The lowest BCUT2D eigenvalue weighted by atomic mass is 10.1. The number of nitrogens with one attached hydrogen (secondary N) is 1. The van der Waals surface area contributed by atoms with Crippen LogP contribution in [0.15, 0.2) is 46.9 Å². The number of carbonyl (C=O) groups excluding carboxylic acids is 1. The number of fused-ring (bicyclic) bond motifs is 1. The lowest BCUT2D eigenvalue weighted by Gasteiger charge is -2.12. The number of hydrogen-bond acceptors (Lipinski definition) is 2. The van der Waals surface area contributed by atoms with Crippen LogP contribution in [-0.4, -0.2) is 18.6 Å². The molecule has 1 amide bonds. The van der Waals surface area contributed by atoms with Crippen molar-refractivity contribution in [2.45, 2.75) is 12.5 Å². The van der Waals surface area contributed by atoms with E-state index in [-0.39, 0.29) is 12.0 Å². The van der Waals surface area contributed by atoms with Crippen molar-refractivity contribution in [2.24, 2.45) is 0 Å². The summed E-state index contributed by atoms with van der Waals surface area (Å²) in [4.78, 5) is 12.1. The van der Waals surface area contributed by atoms with Crippen LogP contribution in [0, 0.1) is 0 Å². The number of hydrogen-bond donors (Lipinski definition) is 1. The molecule has 5 heteroatoms. The summed E-state index contributed by atoms with van der Waals surface area (Å²) in [6, 6.07) is 13.1. The van der Waals surface area contributed by atoms with Crippen LogP contribution in [0.4, 0.5) is 0 Å². The first-order valence-electron chi connectivity index (χ1n) is 6.61. The molecule has 3 nitrogen and oxygen atoms in total. The van der Waals surface area contributed by atoms with Gasteiger partial charge in [0.15, 0.2) is 0 Å². The molecule has 2 aromatic rings. The minimum Gasteiger partial charge on any atom is -0.488 e. The van der Waals surface area contributed by atoms with Gasteiger partial charge < -0.3 is 10.1 Å². The maximum absolute atomic E-state index is 12.1. The number of halogens is 2. The predicted octanol–water partition coefficient (Wildman–Crippen LogP) is 3.84. The molecular formula is C16H13BrClNO2. The van der Waals surface area contributed by atoms with E-state index >= 15 is 0 Å². The predicted molar refractivity (Wildman–Crippen MR) is 86.0 cm³/mol. The zero-order valence-electron chi connectivity index (χ0n) is 11.1. The summed E-state index contributed by atoms with van der Waals surface area (Å²) in [6.07, 6.45) is 0.808. The molecule has 0 aliphatic carbocycles. The molecule has 108 valence electrons. The number of amides is 1. The minimum absolute atomic E-state index is 0.0120. The second-order valence-electron chi connectivity index (χ2n) is 4.89. The molecule has 0 saturated carbocycles. The third-order valence-electron chi connectivity index (χ3n) is 3.39. The van der Waals surface area contributed by atoms with Crippen molar-refractivity contribution in [1.82, 2.24) is 5.32 Å². The van der Waals surface area contributed by atoms with Crippen LogP contribution in [-0.2, 0) is 6.42 Å². The lowest BCUT2D eigenvalue weighted by molar-refractivity contribution is 0.0933. The van der Waals surface area contributed by atoms with Gasteiger partial charge in [0.25, 0.3) is 5.91 Å². The fraction of sp³-hybridized carbons (Fsp3) is 0.188. The first-order chi connectivity index (χ1) is 10.1. The monoisotopic (exact) mass is 365 g/mol. The van der Waals surface area contributed by atoms with Gasteiger partial charge in [0.2, 0.25) is 0 Å². The summed E-state index contributed by atoms with van der Waals surface area (Å²) >= 11 is 9.23. The molecule has 1 aliphatic rings. The molecule has 0 bridgehead atoms. The quantitative estimate of drug-likeness (QED) is 0.896. The number of benzene rings is 2. The van der Waals surface area contributed by atoms with E-state index in [2.05, 4.69) is 21.2 Å². The molecule has 0 spiro atoms. The molecule has 21 heavy (non-hydrogen) atoms. The third-order valence-corrected chi connectivity index (χ3v) is 4.60. The van der Waals surface area contributed by atoms with Crippen LogP contribution in [0.3, 0.4) is 0 Å². The first-order valence-corrected chi connectivity index (χ1v) is 7.78. The third kappa shape index (κ3) is 3.22. The number of para-hydroxylation sites is 1. The molecular weight excluding hydrogens is 354 g/mol. The van der Waals surface area contributed by atoms with Crippen molar-refractivity contribution in [3.8, 4) is 5.75 Å². The minimum atomic E-state index is -0.132. The van der Waals surface area contributed by atoms with E-state index in [1.54, 1.807) is 18.2 Å². The summed E-state index contributed by atoms with van der Waals surface area (Å²) in [6.45, 7) is 0.480. The SMILES string of the molecule is O=C(NCC1Cc2ccccc2O1)c1ccc(Cl)c(Br)c1. The van der Waals surface area contributed by atoms with Gasteiger partial charge in [0.1, 0.15) is 11.9 Å². The molecule has 1 atom stereocenters. The van der Waals surface area contributed by atoms with Crippen molar-refractivity contribution in [3.05, 3.63) is 63.1 Å². The van der Waals surface area contributed by atoms with Gasteiger partial charge in [-0.1, -0.05) is 29.8 Å². The van der Waals surface area contributed by atoms with Gasteiger partial charge in [-0.15, -0.1) is 0 Å². The molecule has 0 saturated heterocycles. The second-order valence-corrected chi connectivity index (χ2v) is 6.15. The van der Waals surface area contributed by atoms with Gasteiger partial charge in [-0.05, 0) is 45.8 Å². The summed E-state index contributed by atoms with van der Waals surface area (Å²) in [5.41, 5.74) is 1.76. The van der Waals surface area contributed by atoms with Crippen molar-refractivity contribution in [1.29, 1.82) is 0 Å². The molecule has 1 aliphatic heterocycles. The van der Waals surface area contributed by atoms with E-state index in [4.69, 9.17) is 16.3 Å². The maximum atomic E-state index is 12.1. The van der Waals surface area contributed by atoms with Crippen molar-refractivity contribution < 1.29 is 9.53 Å². The highest BCUT2D eigenvalue weighted by atomic mass is 79.9. The molecule has 2 aromatic carbocycles. The van der Waals surface area contributed by atoms with Crippen LogP contribution < -0.4 is 10.1 Å². The second kappa shape index (κ2) is 6.08. The number of carbonyl (C=O) groups is 1. The van der Waals surface area contributed by atoms with Crippen LogP contribution >= 0.6 is 27.5 Å². The molecule has 1 heterocycles. The Morgan fingerprint density at radius 3 is 2.90 bits per heavy atom. The van der Waals surface area contributed by atoms with E-state index in [0.717, 1.165) is 12.2 Å². The summed E-state index contributed by atoms with van der Waals surface area (Å²) in [7, 11) is 0. The van der Waals surface area contributed by atoms with E-state index in [0.29, 0.717) is 21.6 Å². The Morgan fingerprint density at radius 2 is 2.14 bits per heavy atom. The molecule has 1 N–H and O–H groups in total. The largest absolute Gasteiger partial charge is 0.488 e. The Balaban J connectivity index is 1.59. The molecule has 0 fully saturated rings. The smallest absolute Gasteiger partial charge is 0.251 e. The molecule has 0 aromatic heterocycles. The van der Waals surface area contributed by atoms with Crippen molar-refractivity contribution in [3.63, 3.8) is 0 Å². The van der Waals surface area contributed by atoms with Crippen LogP contribution in [0.25, 0.3) is 0 Å². The Labute approximate surface area is 136 Å². The number of ether oxygens (including phenoxy) is 1. The Kier molecular flexibility index (Phi) is 4.17. The van der Waals surface area contributed by atoms with Crippen molar-refractivity contribution >= 4 is 33.4 Å². The highest BCUT2D eigenvalue weighted by Crippen LogP contribution is 2.28. The maximum Gasteiger partial charge on any atom is 0.251 e. The highest BCUT2D eigenvalue weighted by molar-refractivity contribution is 9.10. The Bertz CT molecular complexity index is 665.